The van der Waals surface area contributed by atoms with E-state index in [1.165, 1.54) is 12.0 Å². The smallest absolute Gasteiger partial charge is 0.0361 e. The highest BCUT2D eigenvalue weighted by Crippen LogP contribution is 2.11. The van der Waals surface area contributed by atoms with Crippen molar-refractivity contribution in [2.45, 2.75) is 34.1 Å². The van der Waals surface area contributed by atoms with E-state index in [0.29, 0.717) is 5.92 Å². The number of aliphatic imine (C=N–C) groups is 1. The van der Waals surface area contributed by atoms with Crippen molar-refractivity contribution in [1.82, 2.24) is 0 Å². The van der Waals surface area contributed by atoms with E-state index < -0.39 is 0 Å². The van der Waals surface area contributed by atoms with E-state index in [1.807, 2.05) is 6.21 Å². The van der Waals surface area contributed by atoms with E-state index in [2.05, 4.69) is 38.8 Å². The molecule has 0 aromatic carbocycles. The lowest BCUT2D eigenvalue weighted by atomic mass is 9.99. The van der Waals surface area contributed by atoms with Gasteiger partial charge in [0.2, 0.25) is 0 Å². The van der Waals surface area contributed by atoms with Crippen molar-refractivity contribution in [1.29, 1.82) is 0 Å². The summed E-state index contributed by atoms with van der Waals surface area (Å²) in [5, 5.41) is 0. The molecule has 0 bridgehead atoms. The Morgan fingerprint density at radius 1 is 1.45 bits per heavy atom. The largest absolute Gasteiger partial charge is 0.293 e. The predicted molar refractivity (Wildman–Crippen MR) is 52.2 cm³/mol. The molecule has 0 rings (SSSR count). The fourth-order valence-corrected chi connectivity index (χ4v) is 0.919. The van der Waals surface area contributed by atoms with Crippen molar-refractivity contribution in [2.75, 3.05) is 6.54 Å². The van der Waals surface area contributed by atoms with Gasteiger partial charge in [-0.3, -0.25) is 4.99 Å². The Morgan fingerprint density at radius 3 is 2.45 bits per heavy atom. The summed E-state index contributed by atoms with van der Waals surface area (Å²) in [5.74, 6) is 0.648. The van der Waals surface area contributed by atoms with Gasteiger partial charge in [-0.05, 0) is 31.8 Å². The first-order valence-electron chi connectivity index (χ1n) is 4.42. The van der Waals surface area contributed by atoms with E-state index in [0.717, 1.165) is 6.54 Å². The Kier molecular flexibility index (Phi) is 5.81. The standard InChI is InChI=1S/C10H19N/c1-5-9(4)10(6-2)8-11-7-3/h6,8-9H,5,7H2,1-4H3/b10-6+,11-8?. The van der Waals surface area contributed by atoms with Crippen LogP contribution >= 0.6 is 0 Å². The number of nitrogens with zero attached hydrogens (tertiary/aromatic N) is 1. The third kappa shape index (κ3) is 3.97. The van der Waals surface area contributed by atoms with Crippen molar-refractivity contribution >= 4 is 6.21 Å². The molecule has 1 heteroatoms. The molecule has 0 aliphatic rings. The number of hydrogen-bond donors (Lipinski definition) is 0. The zero-order valence-corrected chi connectivity index (χ0v) is 8.09. The molecule has 0 aromatic heterocycles. The van der Waals surface area contributed by atoms with Crippen LogP contribution in [0.1, 0.15) is 34.1 Å². The van der Waals surface area contributed by atoms with Crippen LogP contribution in [0.15, 0.2) is 16.6 Å². The van der Waals surface area contributed by atoms with Crippen LogP contribution in [-0.2, 0) is 0 Å². The van der Waals surface area contributed by atoms with Crippen LogP contribution in [0.2, 0.25) is 0 Å². The second-order valence-electron chi connectivity index (χ2n) is 2.73. The fraction of sp³-hybridized carbons (Fsp3) is 0.700. The van der Waals surface area contributed by atoms with Crippen LogP contribution < -0.4 is 0 Å². The fourth-order valence-electron chi connectivity index (χ4n) is 0.919. The van der Waals surface area contributed by atoms with Crippen LogP contribution in [0.4, 0.5) is 0 Å². The average molecular weight is 153 g/mol. The Hall–Kier alpha value is -0.590. The van der Waals surface area contributed by atoms with Crippen molar-refractivity contribution < 1.29 is 0 Å². The van der Waals surface area contributed by atoms with E-state index in [-0.39, 0.29) is 0 Å². The molecule has 0 fully saturated rings. The highest BCUT2D eigenvalue weighted by atomic mass is 14.7. The molecule has 0 N–H and O–H groups in total. The molecule has 1 nitrogen and oxygen atoms in total. The molecule has 0 heterocycles. The Bertz CT molecular complexity index is 145. The molecule has 0 aliphatic carbocycles. The Morgan fingerprint density at radius 2 is 2.09 bits per heavy atom. The molecule has 0 saturated heterocycles. The predicted octanol–water partition coefficient (Wildman–Crippen LogP) is 3.07. The van der Waals surface area contributed by atoms with Gasteiger partial charge in [-0.2, -0.15) is 0 Å². The van der Waals surface area contributed by atoms with Crippen molar-refractivity contribution in [2.24, 2.45) is 10.9 Å². The van der Waals surface area contributed by atoms with Gasteiger partial charge in [0.05, 0.1) is 0 Å². The van der Waals surface area contributed by atoms with Crippen LogP contribution in [0.25, 0.3) is 0 Å². The van der Waals surface area contributed by atoms with Gasteiger partial charge in [-0.15, -0.1) is 0 Å². The average Bonchev–Trinajstić information content (AvgIpc) is 2.05. The van der Waals surface area contributed by atoms with E-state index in [1.54, 1.807) is 0 Å². The van der Waals surface area contributed by atoms with Crippen molar-refractivity contribution in [3.8, 4) is 0 Å². The van der Waals surface area contributed by atoms with Crippen LogP contribution in [-0.4, -0.2) is 12.8 Å². The maximum absolute atomic E-state index is 4.22. The van der Waals surface area contributed by atoms with E-state index in [9.17, 15) is 0 Å². The van der Waals surface area contributed by atoms with Gasteiger partial charge < -0.3 is 0 Å². The first kappa shape index (κ1) is 10.4. The number of allylic oxidation sites excluding steroid dienone is 2. The van der Waals surface area contributed by atoms with E-state index >= 15 is 0 Å². The van der Waals surface area contributed by atoms with Crippen molar-refractivity contribution in [3.63, 3.8) is 0 Å². The summed E-state index contributed by atoms with van der Waals surface area (Å²) < 4.78 is 0. The highest BCUT2D eigenvalue weighted by molar-refractivity contribution is 5.78. The van der Waals surface area contributed by atoms with E-state index in [4.69, 9.17) is 0 Å². The van der Waals surface area contributed by atoms with Crippen LogP contribution in [0.3, 0.4) is 0 Å². The molecule has 0 saturated carbocycles. The summed E-state index contributed by atoms with van der Waals surface area (Å²) >= 11 is 0. The molecule has 0 amide bonds. The lowest BCUT2D eigenvalue weighted by Crippen LogP contribution is -1.98. The third-order valence-corrected chi connectivity index (χ3v) is 1.94. The van der Waals surface area contributed by atoms with Gasteiger partial charge in [0.1, 0.15) is 0 Å². The minimum atomic E-state index is 0.648. The monoisotopic (exact) mass is 153 g/mol. The van der Waals surface area contributed by atoms with Gasteiger partial charge in [0, 0.05) is 12.8 Å². The first-order chi connectivity index (χ1) is 5.26. The van der Waals surface area contributed by atoms with Crippen LogP contribution in [0.5, 0.6) is 0 Å². The minimum absolute atomic E-state index is 0.648. The number of hydrogen-bond acceptors (Lipinski definition) is 1. The molecular weight excluding hydrogens is 134 g/mol. The molecular formula is C10H19N. The molecule has 1 atom stereocenters. The molecule has 0 aromatic rings. The summed E-state index contributed by atoms with van der Waals surface area (Å²) in [4.78, 5) is 4.22. The highest BCUT2D eigenvalue weighted by Gasteiger charge is 2.01. The van der Waals surface area contributed by atoms with Crippen LogP contribution in [0, 0.1) is 5.92 Å². The Balaban J connectivity index is 4.07. The van der Waals surface area contributed by atoms with Gasteiger partial charge in [0.25, 0.3) is 0 Å². The third-order valence-electron chi connectivity index (χ3n) is 1.94. The van der Waals surface area contributed by atoms with Gasteiger partial charge in [-0.1, -0.05) is 19.9 Å². The van der Waals surface area contributed by atoms with Gasteiger partial charge in [-0.25, -0.2) is 0 Å². The molecule has 0 radical (unpaired) electrons. The molecule has 0 spiro atoms. The first-order valence-corrected chi connectivity index (χ1v) is 4.42. The molecule has 11 heavy (non-hydrogen) atoms. The summed E-state index contributed by atoms with van der Waals surface area (Å²) in [5.41, 5.74) is 1.36. The van der Waals surface area contributed by atoms with Gasteiger partial charge in [0.15, 0.2) is 0 Å². The normalized spacial score (nSPS) is 15.8. The molecule has 64 valence electrons. The quantitative estimate of drug-likeness (QED) is 0.550. The lowest BCUT2D eigenvalue weighted by molar-refractivity contribution is 0.679. The second-order valence-corrected chi connectivity index (χ2v) is 2.73. The topological polar surface area (TPSA) is 12.4 Å². The second kappa shape index (κ2) is 6.14. The SMILES string of the molecule is C/C=C(\C=NCC)C(C)CC. The zero-order valence-electron chi connectivity index (χ0n) is 8.09. The minimum Gasteiger partial charge on any atom is -0.293 e. The van der Waals surface area contributed by atoms with Crippen molar-refractivity contribution in [3.05, 3.63) is 11.6 Å². The molecule has 1 unspecified atom stereocenters. The van der Waals surface area contributed by atoms with Gasteiger partial charge >= 0.3 is 0 Å². The summed E-state index contributed by atoms with van der Waals surface area (Å²) in [7, 11) is 0. The summed E-state index contributed by atoms with van der Waals surface area (Å²) in [6, 6.07) is 0. The Labute approximate surface area is 70.2 Å². The summed E-state index contributed by atoms with van der Waals surface area (Å²) in [6.07, 6.45) is 5.33. The zero-order chi connectivity index (χ0) is 8.69. The summed E-state index contributed by atoms with van der Waals surface area (Å²) in [6.45, 7) is 9.45. The lowest BCUT2D eigenvalue weighted by Gasteiger charge is -2.07. The maximum atomic E-state index is 4.22. The molecule has 0 aliphatic heterocycles. The number of rotatable bonds is 4. The maximum Gasteiger partial charge on any atom is 0.0361 e.